The van der Waals surface area contributed by atoms with Gasteiger partial charge in [-0.1, -0.05) is 24.3 Å². The molecule has 0 atom stereocenters. The third-order valence-electron chi connectivity index (χ3n) is 8.83. The van der Waals surface area contributed by atoms with Gasteiger partial charge in [0, 0.05) is 74.6 Å². The minimum absolute atomic E-state index is 0.0181. The molecular weight excluding hydrogens is 578 g/mol. The highest BCUT2D eigenvalue weighted by molar-refractivity contribution is 7.13. The van der Waals surface area contributed by atoms with Crippen molar-refractivity contribution in [3.63, 3.8) is 0 Å². The van der Waals surface area contributed by atoms with Gasteiger partial charge in [-0.25, -0.2) is 9.97 Å². The Hall–Kier alpha value is -4.39. The summed E-state index contributed by atoms with van der Waals surface area (Å²) in [5.41, 5.74) is 8.57. The number of hydrogen-bond acceptors (Lipinski definition) is 8. The highest BCUT2D eigenvalue weighted by atomic mass is 32.1. The number of aromatic nitrogens is 3. The smallest absolute Gasteiger partial charge is 0.317 e. The Bertz CT molecular complexity index is 1830. The predicted molar refractivity (Wildman–Crippen MR) is 167 cm³/mol. The van der Waals surface area contributed by atoms with Crippen LogP contribution in [0.3, 0.4) is 0 Å². The van der Waals surface area contributed by atoms with Crippen molar-refractivity contribution in [3.8, 4) is 11.1 Å². The third-order valence-corrected chi connectivity index (χ3v) is 9.90. The SMILES string of the molecule is Cc1c(NC(=O)c2nc3c(n2C)CCNC3)cccc1-c1cccc2c1CCN2C(=O)c1nc2c(s1)CN(CC(=O)O)CC2. The van der Waals surface area contributed by atoms with Gasteiger partial charge in [-0.15, -0.1) is 11.3 Å². The second-order valence-corrected chi connectivity index (χ2v) is 12.6. The average Bonchev–Trinajstić information content (AvgIpc) is 3.73. The number of anilines is 2. The quantitative estimate of drug-likeness (QED) is 0.302. The van der Waals surface area contributed by atoms with E-state index in [1.165, 1.54) is 11.3 Å². The lowest BCUT2D eigenvalue weighted by Crippen LogP contribution is -2.34. The Kier molecular flexibility index (Phi) is 7.27. The molecule has 0 saturated heterocycles. The molecule has 3 aliphatic rings. The van der Waals surface area contributed by atoms with Crippen molar-refractivity contribution < 1.29 is 19.5 Å². The first-order valence-corrected chi connectivity index (χ1v) is 15.6. The fourth-order valence-electron chi connectivity index (χ4n) is 6.58. The molecule has 0 fully saturated rings. The van der Waals surface area contributed by atoms with Gasteiger partial charge in [0.15, 0.2) is 10.8 Å². The van der Waals surface area contributed by atoms with Gasteiger partial charge < -0.3 is 25.2 Å². The van der Waals surface area contributed by atoms with Crippen LogP contribution in [0, 0.1) is 6.92 Å². The van der Waals surface area contributed by atoms with Crippen molar-refractivity contribution in [1.82, 2.24) is 24.8 Å². The van der Waals surface area contributed by atoms with Crippen LogP contribution in [0.2, 0.25) is 0 Å². The molecule has 3 aliphatic heterocycles. The first kappa shape index (κ1) is 28.4. The maximum absolute atomic E-state index is 13.7. The first-order chi connectivity index (χ1) is 21.3. The molecule has 0 aliphatic carbocycles. The maximum Gasteiger partial charge on any atom is 0.317 e. The third kappa shape index (κ3) is 4.98. The highest BCUT2D eigenvalue weighted by Crippen LogP contribution is 2.40. The van der Waals surface area contributed by atoms with E-state index >= 15 is 0 Å². The van der Waals surface area contributed by atoms with Crippen LogP contribution in [0.1, 0.15) is 53.5 Å². The summed E-state index contributed by atoms with van der Waals surface area (Å²) < 4.78 is 1.89. The predicted octanol–water partition coefficient (Wildman–Crippen LogP) is 3.40. The van der Waals surface area contributed by atoms with Gasteiger partial charge in [0.05, 0.1) is 17.9 Å². The van der Waals surface area contributed by atoms with E-state index in [0.717, 1.165) is 68.6 Å². The largest absolute Gasteiger partial charge is 0.480 e. The van der Waals surface area contributed by atoms with Crippen molar-refractivity contribution in [2.75, 3.05) is 36.4 Å². The summed E-state index contributed by atoms with van der Waals surface area (Å²) in [4.78, 5) is 52.1. The number of fused-ring (bicyclic) bond motifs is 3. The molecule has 0 spiro atoms. The molecular formula is C32H33N7O4S. The number of nitrogens with zero attached hydrogens (tertiary/aromatic N) is 5. The van der Waals surface area contributed by atoms with Crippen LogP contribution in [0.25, 0.3) is 11.1 Å². The number of hydrogen-bond donors (Lipinski definition) is 3. The lowest BCUT2D eigenvalue weighted by Gasteiger charge is -2.23. The molecule has 5 heterocycles. The van der Waals surface area contributed by atoms with Crippen molar-refractivity contribution in [2.45, 2.75) is 39.3 Å². The van der Waals surface area contributed by atoms with Crippen LogP contribution in [0.5, 0.6) is 0 Å². The number of imidazole rings is 1. The topological polar surface area (TPSA) is 133 Å². The zero-order valence-corrected chi connectivity index (χ0v) is 25.5. The van der Waals surface area contributed by atoms with Crippen molar-refractivity contribution in [2.24, 2.45) is 7.05 Å². The van der Waals surface area contributed by atoms with Gasteiger partial charge in [-0.3, -0.25) is 19.3 Å². The summed E-state index contributed by atoms with van der Waals surface area (Å²) in [6.07, 6.45) is 2.19. The minimum atomic E-state index is -0.855. The van der Waals surface area contributed by atoms with Crippen LogP contribution in [0.15, 0.2) is 36.4 Å². The van der Waals surface area contributed by atoms with Crippen molar-refractivity contribution in [3.05, 3.63) is 80.3 Å². The number of carbonyl (C=O) groups is 3. The number of amides is 2. The number of aliphatic carboxylic acids is 1. The molecule has 2 aromatic heterocycles. The molecule has 11 nitrogen and oxygen atoms in total. The highest BCUT2D eigenvalue weighted by Gasteiger charge is 2.32. The Balaban J connectivity index is 1.13. The summed E-state index contributed by atoms with van der Waals surface area (Å²) in [6, 6.07) is 11.9. The second kappa shape index (κ2) is 11.3. The zero-order valence-electron chi connectivity index (χ0n) is 24.6. The van der Waals surface area contributed by atoms with Gasteiger partial charge in [0.2, 0.25) is 0 Å². The van der Waals surface area contributed by atoms with E-state index in [1.807, 2.05) is 53.8 Å². The minimum Gasteiger partial charge on any atom is -0.480 e. The normalized spacial score (nSPS) is 15.9. The molecule has 4 aromatic rings. The summed E-state index contributed by atoms with van der Waals surface area (Å²) in [5.74, 6) is -0.826. The standard InChI is InChI=1S/C32H33N7O4S/c1-18-19(5-3-7-22(18)35-30(42)29-34-24-15-33-12-9-26(24)37(29)2)20-6-4-8-25-21(20)10-14-39(25)32(43)31-36-23-11-13-38(17-28(40)41)16-27(23)44-31/h3-8,33H,9-17H2,1-2H3,(H,35,42)(H,40,41). The lowest BCUT2D eigenvalue weighted by molar-refractivity contribution is -0.138. The van der Waals surface area contributed by atoms with E-state index in [2.05, 4.69) is 26.7 Å². The Morgan fingerprint density at radius 1 is 1.02 bits per heavy atom. The zero-order chi connectivity index (χ0) is 30.5. The van der Waals surface area contributed by atoms with E-state index in [4.69, 9.17) is 5.11 Å². The molecule has 12 heteroatoms. The number of rotatable bonds is 6. The number of carbonyl (C=O) groups excluding carboxylic acids is 2. The fourth-order valence-corrected chi connectivity index (χ4v) is 7.68. The number of thiazole rings is 1. The molecule has 0 radical (unpaired) electrons. The maximum atomic E-state index is 13.7. The van der Waals surface area contributed by atoms with Crippen LogP contribution in [0.4, 0.5) is 11.4 Å². The van der Waals surface area contributed by atoms with E-state index in [1.54, 1.807) is 4.90 Å². The van der Waals surface area contributed by atoms with E-state index in [-0.39, 0.29) is 18.4 Å². The summed E-state index contributed by atoms with van der Waals surface area (Å²) in [6.45, 7) is 5.19. The lowest BCUT2D eigenvalue weighted by atomic mass is 9.93. The van der Waals surface area contributed by atoms with Gasteiger partial charge >= 0.3 is 5.97 Å². The Morgan fingerprint density at radius 2 is 1.84 bits per heavy atom. The molecule has 7 rings (SSSR count). The first-order valence-electron chi connectivity index (χ1n) is 14.8. The molecule has 3 N–H and O–H groups in total. The van der Waals surface area contributed by atoms with Crippen LogP contribution in [-0.2, 0) is 44.2 Å². The Labute approximate surface area is 258 Å². The number of carboxylic acids is 1. The molecule has 44 heavy (non-hydrogen) atoms. The van der Waals surface area contributed by atoms with Gasteiger partial charge in [-0.05, 0) is 47.7 Å². The van der Waals surface area contributed by atoms with E-state index < -0.39 is 5.97 Å². The molecule has 0 unspecified atom stereocenters. The number of carboxylic acid groups (broad SMARTS) is 1. The second-order valence-electron chi connectivity index (χ2n) is 11.5. The Morgan fingerprint density at radius 3 is 2.66 bits per heavy atom. The van der Waals surface area contributed by atoms with E-state index in [9.17, 15) is 14.4 Å². The van der Waals surface area contributed by atoms with Gasteiger partial charge in [0.1, 0.15) is 0 Å². The number of benzene rings is 2. The average molecular weight is 612 g/mol. The molecule has 2 aromatic carbocycles. The fraction of sp³-hybridized carbons (Fsp3) is 0.344. The summed E-state index contributed by atoms with van der Waals surface area (Å²) >= 11 is 1.37. The van der Waals surface area contributed by atoms with Crippen molar-refractivity contribution in [1.29, 1.82) is 0 Å². The summed E-state index contributed by atoms with van der Waals surface area (Å²) in [5, 5.41) is 16.0. The van der Waals surface area contributed by atoms with Gasteiger partial charge in [0.25, 0.3) is 11.8 Å². The summed E-state index contributed by atoms with van der Waals surface area (Å²) in [7, 11) is 1.89. The number of nitrogens with one attached hydrogen (secondary N) is 2. The van der Waals surface area contributed by atoms with E-state index in [0.29, 0.717) is 49.9 Å². The van der Waals surface area contributed by atoms with Crippen LogP contribution < -0.4 is 15.5 Å². The molecule has 226 valence electrons. The van der Waals surface area contributed by atoms with Gasteiger partial charge in [-0.2, -0.15) is 0 Å². The van der Waals surface area contributed by atoms with Crippen molar-refractivity contribution >= 4 is 40.5 Å². The molecule has 0 saturated carbocycles. The van der Waals surface area contributed by atoms with Crippen LogP contribution >= 0.6 is 11.3 Å². The molecule has 2 amide bonds. The monoisotopic (exact) mass is 611 g/mol. The van der Waals surface area contributed by atoms with Crippen LogP contribution in [-0.4, -0.2) is 68.5 Å². The molecule has 0 bridgehead atoms.